The van der Waals surface area contributed by atoms with E-state index in [1.807, 2.05) is 50.2 Å². The average Bonchev–Trinajstić information content (AvgIpc) is 2.75. The molecule has 2 N–H and O–H groups in total. The van der Waals surface area contributed by atoms with Crippen LogP contribution in [-0.2, 0) is 11.2 Å². The van der Waals surface area contributed by atoms with Crippen molar-refractivity contribution in [1.82, 2.24) is 15.5 Å². The van der Waals surface area contributed by atoms with Crippen LogP contribution in [0, 0.1) is 18.7 Å². The van der Waals surface area contributed by atoms with E-state index in [2.05, 4.69) is 10.6 Å². The number of nitrogens with zero attached hydrogens (tertiary/aromatic N) is 1. The summed E-state index contributed by atoms with van der Waals surface area (Å²) in [7, 11) is 0. The van der Waals surface area contributed by atoms with Crippen LogP contribution in [0.2, 0.25) is 0 Å². The Morgan fingerprint density at radius 1 is 1.13 bits per heavy atom. The molecule has 0 spiro atoms. The van der Waals surface area contributed by atoms with Crippen molar-refractivity contribution in [3.63, 3.8) is 0 Å². The molecule has 1 saturated heterocycles. The zero-order chi connectivity index (χ0) is 22.4. The van der Waals surface area contributed by atoms with E-state index in [-0.39, 0.29) is 35.6 Å². The van der Waals surface area contributed by atoms with Crippen LogP contribution in [0.5, 0.6) is 0 Å². The number of piperidine rings is 1. The summed E-state index contributed by atoms with van der Waals surface area (Å²) in [5.41, 5.74) is 2.71. The SMILES string of the molecule is Cc1cc([C@H]2C[C@H](C(=O)NCCc3ccccc3)CN(C(=O)NC(C)C)C2)ccc1F. The third-order valence-electron chi connectivity index (χ3n) is 5.73. The van der Waals surface area contributed by atoms with Crippen molar-refractivity contribution < 1.29 is 14.0 Å². The fourth-order valence-corrected chi connectivity index (χ4v) is 4.08. The topological polar surface area (TPSA) is 61.4 Å². The first-order chi connectivity index (χ1) is 14.8. The van der Waals surface area contributed by atoms with Crippen LogP contribution in [0.15, 0.2) is 48.5 Å². The maximum Gasteiger partial charge on any atom is 0.317 e. The Morgan fingerprint density at radius 2 is 1.87 bits per heavy atom. The van der Waals surface area contributed by atoms with Gasteiger partial charge < -0.3 is 15.5 Å². The Morgan fingerprint density at radius 3 is 2.55 bits per heavy atom. The summed E-state index contributed by atoms with van der Waals surface area (Å²) in [6, 6.07) is 14.9. The molecule has 2 atom stereocenters. The van der Waals surface area contributed by atoms with Crippen LogP contribution in [-0.4, -0.2) is 42.5 Å². The number of hydrogen-bond acceptors (Lipinski definition) is 2. The van der Waals surface area contributed by atoms with Crippen molar-refractivity contribution in [2.45, 2.75) is 45.6 Å². The Bertz CT molecular complexity index is 901. The number of nitrogens with one attached hydrogen (secondary N) is 2. The van der Waals surface area contributed by atoms with E-state index >= 15 is 0 Å². The average molecular weight is 426 g/mol. The lowest BCUT2D eigenvalue weighted by molar-refractivity contribution is -0.126. The van der Waals surface area contributed by atoms with Crippen LogP contribution < -0.4 is 10.6 Å². The van der Waals surface area contributed by atoms with E-state index in [4.69, 9.17) is 0 Å². The third-order valence-corrected chi connectivity index (χ3v) is 5.73. The molecule has 31 heavy (non-hydrogen) atoms. The predicted molar refractivity (Wildman–Crippen MR) is 120 cm³/mol. The molecule has 166 valence electrons. The van der Waals surface area contributed by atoms with Crippen molar-refractivity contribution >= 4 is 11.9 Å². The van der Waals surface area contributed by atoms with Crippen LogP contribution in [0.3, 0.4) is 0 Å². The number of halogens is 1. The summed E-state index contributed by atoms with van der Waals surface area (Å²) in [5.74, 6) is -0.611. The van der Waals surface area contributed by atoms with Gasteiger partial charge in [0.15, 0.2) is 0 Å². The molecule has 6 heteroatoms. The highest BCUT2D eigenvalue weighted by Gasteiger charge is 2.34. The first-order valence-corrected chi connectivity index (χ1v) is 11.0. The van der Waals surface area contributed by atoms with E-state index in [1.165, 1.54) is 11.6 Å². The molecule has 1 heterocycles. The van der Waals surface area contributed by atoms with Gasteiger partial charge in [0, 0.05) is 31.6 Å². The molecule has 2 aromatic carbocycles. The van der Waals surface area contributed by atoms with E-state index in [1.54, 1.807) is 17.9 Å². The van der Waals surface area contributed by atoms with Gasteiger partial charge in [0.25, 0.3) is 0 Å². The maximum absolute atomic E-state index is 13.8. The summed E-state index contributed by atoms with van der Waals surface area (Å²) in [6.45, 7) is 7.01. The summed E-state index contributed by atoms with van der Waals surface area (Å²) >= 11 is 0. The maximum atomic E-state index is 13.8. The largest absolute Gasteiger partial charge is 0.355 e. The van der Waals surface area contributed by atoms with Crippen molar-refractivity contribution in [3.05, 3.63) is 71.0 Å². The van der Waals surface area contributed by atoms with E-state index < -0.39 is 0 Å². The molecule has 1 aliphatic rings. The first kappa shape index (κ1) is 22.8. The van der Waals surface area contributed by atoms with E-state index in [0.717, 1.165) is 12.0 Å². The monoisotopic (exact) mass is 425 g/mol. The number of carbonyl (C=O) groups is 2. The van der Waals surface area contributed by atoms with Crippen molar-refractivity contribution in [2.75, 3.05) is 19.6 Å². The Hall–Kier alpha value is -2.89. The van der Waals surface area contributed by atoms with Gasteiger partial charge in [-0.3, -0.25) is 4.79 Å². The van der Waals surface area contributed by atoms with Crippen molar-refractivity contribution in [2.24, 2.45) is 5.92 Å². The van der Waals surface area contributed by atoms with Gasteiger partial charge in [-0.25, -0.2) is 9.18 Å². The van der Waals surface area contributed by atoms with Gasteiger partial charge in [-0.1, -0.05) is 42.5 Å². The minimum atomic E-state index is -0.308. The second-order valence-electron chi connectivity index (χ2n) is 8.67. The highest BCUT2D eigenvalue weighted by atomic mass is 19.1. The molecule has 2 aromatic rings. The normalized spacial score (nSPS) is 18.7. The van der Waals surface area contributed by atoms with Gasteiger partial charge >= 0.3 is 6.03 Å². The van der Waals surface area contributed by atoms with Gasteiger partial charge in [0.2, 0.25) is 5.91 Å². The predicted octanol–water partition coefficient (Wildman–Crippen LogP) is 4.02. The second-order valence-corrected chi connectivity index (χ2v) is 8.67. The quantitative estimate of drug-likeness (QED) is 0.734. The molecule has 0 aromatic heterocycles. The van der Waals surface area contributed by atoms with Gasteiger partial charge in [-0.05, 0) is 56.4 Å². The molecule has 0 aliphatic carbocycles. The molecule has 1 fully saturated rings. The number of hydrogen-bond donors (Lipinski definition) is 2. The van der Waals surface area contributed by atoms with E-state index in [0.29, 0.717) is 31.6 Å². The van der Waals surface area contributed by atoms with Crippen LogP contribution in [0.1, 0.15) is 42.9 Å². The number of aryl methyl sites for hydroxylation is 1. The molecule has 0 bridgehead atoms. The number of amides is 3. The number of likely N-dealkylation sites (tertiary alicyclic amines) is 1. The highest BCUT2D eigenvalue weighted by Crippen LogP contribution is 2.31. The summed E-state index contributed by atoms with van der Waals surface area (Å²) in [6.07, 6.45) is 1.39. The van der Waals surface area contributed by atoms with Crippen LogP contribution in [0.25, 0.3) is 0 Å². The molecule has 3 rings (SSSR count). The summed E-state index contributed by atoms with van der Waals surface area (Å²) in [4.78, 5) is 27.4. The van der Waals surface area contributed by atoms with Gasteiger partial charge in [0.05, 0.1) is 5.92 Å². The third kappa shape index (κ3) is 6.29. The number of urea groups is 1. The number of rotatable bonds is 6. The molecule has 0 radical (unpaired) electrons. The van der Waals surface area contributed by atoms with Crippen molar-refractivity contribution in [3.8, 4) is 0 Å². The van der Waals surface area contributed by atoms with Crippen LogP contribution in [0.4, 0.5) is 9.18 Å². The van der Waals surface area contributed by atoms with Gasteiger partial charge in [0.1, 0.15) is 5.82 Å². The zero-order valence-electron chi connectivity index (χ0n) is 18.5. The lowest BCUT2D eigenvalue weighted by Gasteiger charge is -2.38. The zero-order valence-corrected chi connectivity index (χ0v) is 18.5. The minimum absolute atomic E-state index is 0.0130. The molecule has 3 amide bonds. The lowest BCUT2D eigenvalue weighted by atomic mass is 9.83. The Labute approximate surface area is 184 Å². The number of benzene rings is 2. The highest BCUT2D eigenvalue weighted by molar-refractivity contribution is 5.81. The fraction of sp³-hybridized carbons (Fsp3) is 0.440. The summed E-state index contributed by atoms with van der Waals surface area (Å²) in [5, 5.41) is 5.96. The van der Waals surface area contributed by atoms with Crippen LogP contribution >= 0.6 is 0 Å². The molecule has 1 aliphatic heterocycles. The molecular formula is C25H32FN3O2. The van der Waals surface area contributed by atoms with Gasteiger partial charge in [-0.2, -0.15) is 0 Å². The Balaban J connectivity index is 1.70. The first-order valence-electron chi connectivity index (χ1n) is 11.0. The molecule has 5 nitrogen and oxygen atoms in total. The minimum Gasteiger partial charge on any atom is -0.355 e. The molecule has 0 unspecified atom stereocenters. The van der Waals surface area contributed by atoms with Gasteiger partial charge in [-0.15, -0.1) is 0 Å². The smallest absolute Gasteiger partial charge is 0.317 e. The Kier molecular flexibility index (Phi) is 7.66. The lowest BCUT2D eigenvalue weighted by Crippen LogP contribution is -2.52. The standard InChI is InChI=1S/C25H32FN3O2/c1-17(2)28-25(31)29-15-21(20-9-10-23(26)18(3)13-20)14-22(16-29)24(30)27-12-11-19-7-5-4-6-8-19/h4-10,13,17,21-22H,11-12,14-16H2,1-3H3,(H,27,30)(H,28,31)/t21-,22-/m0/s1. The van der Waals surface area contributed by atoms with Crippen molar-refractivity contribution in [1.29, 1.82) is 0 Å². The van der Waals surface area contributed by atoms with E-state index in [9.17, 15) is 14.0 Å². The number of carbonyl (C=O) groups excluding carboxylic acids is 2. The molecular weight excluding hydrogens is 393 g/mol. The fourth-order valence-electron chi connectivity index (χ4n) is 4.08. The molecule has 0 saturated carbocycles. The second kappa shape index (κ2) is 10.4. The summed E-state index contributed by atoms with van der Waals surface area (Å²) < 4.78 is 13.8.